The summed E-state index contributed by atoms with van der Waals surface area (Å²) in [5, 5.41) is 13.4. The molecule has 1 aromatic heterocycles. The van der Waals surface area contributed by atoms with Gasteiger partial charge in [-0.2, -0.15) is 0 Å². The molecular formula is C20H27N3O2. The van der Waals surface area contributed by atoms with Crippen molar-refractivity contribution in [2.45, 2.75) is 38.6 Å². The van der Waals surface area contributed by atoms with E-state index in [1.165, 1.54) is 12.8 Å². The molecular weight excluding hydrogens is 314 g/mol. The summed E-state index contributed by atoms with van der Waals surface area (Å²) in [5.74, 6) is -0.0460. The lowest BCUT2D eigenvalue weighted by Gasteiger charge is -2.34. The van der Waals surface area contributed by atoms with E-state index in [4.69, 9.17) is 0 Å². The van der Waals surface area contributed by atoms with Crippen molar-refractivity contribution in [1.29, 1.82) is 0 Å². The van der Waals surface area contributed by atoms with E-state index in [0.29, 0.717) is 12.1 Å². The minimum atomic E-state index is -0.0460. The van der Waals surface area contributed by atoms with Crippen LogP contribution in [0.4, 0.5) is 0 Å². The molecule has 1 unspecified atom stereocenters. The second kappa shape index (κ2) is 8.41. The Bertz CT molecular complexity index is 732. The number of aromatic nitrogens is 1. The van der Waals surface area contributed by atoms with Crippen LogP contribution >= 0.6 is 0 Å². The first kappa shape index (κ1) is 17.8. The third-order valence-electron chi connectivity index (χ3n) is 5.01. The Labute approximate surface area is 149 Å². The molecule has 0 bridgehead atoms. The van der Waals surface area contributed by atoms with Gasteiger partial charge in [-0.1, -0.05) is 18.1 Å². The number of pyridine rings is 1. The summed E-state index contributed by atoms with van der Waals surface area (Å²) in [6.07, 6.45) is 6.06. The Morgan fingerprint density at radius 3 is 3.08 bits per heavy atom. The standard InChI is InChI=1S/C20H27N3O2/c1-15-6-7-19-18(13-15)17(8-10-21-19)20(25)22-9-4-12-23-11-3-2-5-16(23)14-24/h6-8,10,13,16,24H,2-5,9,11-12,14H2,1H3,(H,22,25). The minimum absolute atomic E-state index is 0.0460. The SMILES string of the molecule is Cc1ccc2nccc(C(=O)NCCCN3CCCCC3CO)c2c1. The Morgan fingerprint density at radius 1 is 1.36 bits per heavy atom. The molecule has 1 aromatic carbocycles. The fourth-order valence-corrected chi connectivity index (χ4v) is 3.60. The molecule has 0 saturated carbocycles. The summed E-state index contributed by atoms with van der Waals surface area (Å²) in [5.41, 5.74) is 2.65. The highest BCUT2D eigenvalue weighted by molar-refractivity contribution is 6.06. The molecule has 1 aliphatic rings. The van der Waals surface area contributed by atoms with E-state index in [1.807, 2.05) is 25.1 Å². The zero-order valence-electron chi connectivity index (χ0n) is 14.9. The van der Waals surface area contributed by atoms with Crippen LogP contribution < -0.4 is 5.32 Å². The molecule has 5 heteroatoms. The van der Waals surface area contributed by atoms with Gasteiger partial charge >= 0.3 is 0 Å². The van der Waals surface area contributed by atoms with Crippen molar-refractivity contribution >= 4 is 16.8 Å². The van der Waals surface area contributed by atoms with Crippen LogP contribution in [-0.2, 0) is 0 Å². The number of likely N-dealkylation sites (tertiary alicyclic amines) is 1. The van der Waals surface area contributed by atoms with Crippen LogP contribution in [0, 0.1) is 6.92 Å². The molecule has 3 rings (SSSR count). The van der Waals surface area contributed by atoms with Crippen molar-refractivity contribution < 1.29 is 9.90 Å². The molecule has 2 aromatic rings. The van der Waals surface area contributed by atoms with E-state index in [0.717, 1.165) is 42.4 Å². The van der Waals surface area contributed by atoms with Crippen LogP contribution in [0.15, 0.2) is 30.5 Å². The highest BCUT2D eigenvalue weighted by atomic mass is 16.3. The van der Waals surface area contributed by atoms with Gasteiger partial charge in [0.2, 0.25) is 0 Å². The molecule has 5 nitrogen and oxygen atoms in total. The lowest BCUT2D eigenvalue weighted by molar-refractivity contribution is 0.0868. The Morgan fingerprint density at radius 2 is 2.24 bits per heavy atom. The van der Waals surface area contributed by atoms with E-state index >= 15 is 0 Å². The van der Waals surface area contributed by atoms with E-state index in [2.05, 4.69) is 15.2 Å². The molecule has 0 radical (unpaired) electrons. The van der Waals surface area contributed by atoms with Gasteiger partial charge in [0, 0.05) is 30.7 Å². The Kier molecular flexibility index (Phi) is 6.00. The number of carbonyl (C=O) groups excluding carboxylic acids is 1. The molecule has 2 heterocycles. The average Bonchev–Trinajstić information content (AvgIpc) is 2.64. The first-order valence-electron chi connectivity index (χ1n) is 9.17. The number of hydrogen-bond acceptors (Lipinski definition) is 4. The number of rotatable bonds is 6. The van der Waals surface area contributed by atoms with Crippen molar-refractivity contribution in [3.8, 4) is 0 Å². The lowest BCUT2D eigenvalue weighted by Crippen LogP contribution is -2.43. The van der Waals surface area contributed by atoms with Crippen molar-refractivity contribution in [2.24, 2.45) is 0 Å². The Hall–Kier alpha value is -1.98. The normalized spacial score (nSPS) is 18.4. The molecule has 0 aliphatic carbocycles. The number of aliphatic hydroxyl groups is 1. The number of carbonyl (C=O) groups is 1. The number of aryl methyl sites for hydroxylation is 1. The molecule has 1 aliphatic heterocycles. The van der Waals surface area contributed by atoms with Gasteiger partial charge in [0.25, 0.3) is 5.91 Å². The zero-order valence-corrected chi connectivity index (χ0v) is 14.9. The van der Waals surface area contributed by atoms with Gasteiger partial charge < -0.3 is 10.4 Å². The quantitative estimate of drug-likeness (QED) is 0.793. The van der Waals surface area contributed by atoms with E-state index in [9.17, 15) is 9.90 Å². The third-order valence-corrected chi connectivity index (χ3v) is 5.01. The predicted molar refractivity (Wildman–Crippen MR) is 99.7 cm³/mol. The monoisotopic (exact) mass is 341 g/mol. The molecule has 134 valence electrons. The second-order valence-electron chi connectivity index (χ2n) is 6.86. The van der Waals surface area contributed by atoms with Gasteiger partial charge in [-0.05, 0) is 50.9 Å². The fraction of sp³-hybridized carbons (Fsp3) is 0.500. The summed E-state index contributed by atoms with van der Waals surface area (Å²) in [6, 6.07) is 8.04. The number of amides is 1. The van der Waals surface area contributed by atoms with E-state index < -0.39 is 0 Å². The van der Waals surface area contributed by atoms with Crippen LogP contribution in [-0.4, -0.2) is 53.2 Å². The second-order valence-corrected chi connectivity index (χ2v) is 6.86. The summed E-state index contributed by atoms with van der Waals surface area (Å²) in [7, 11) is 0. The van der Waals surface area contributed by atoms with Gasteiger partial charge in [0.05, 0.1) is 17.7 Å². The maximum absolute atomic E-state index is 12.5. The summed E-state index contributed by atoms with van der Waals surface area (Å²) < 4.78 is 0. The molecule has 1 atom stereocenters. The third kappa shape index (κ3) is 4.35. The first-order valence-corrected chi connectivity index (χ1v) is 9.17. The van der Waals surface area contributed by atoms with Crippen LogP contribution in [0.25, 0.3) is 10.9 Å². The molecule has 0 spiro atoms. The molecule has 1 amide bonds. The maximum atomic E-state index is 12.5. The number of fused-ring (bicyclic) bond motifs is 1. The van der Waals surface area contributed by atoms with Crippen molar-refractivity contribution in [2.75, 3.05) is 26.2 Å². The summed E-state index contributed by atoms with van der Waals surface area (Å²) in [4.78, 5) is 19.2. The maximum Gasteiger partial charge on any atom is 0.252 e. The number of hydrogen-bond donors (Lipinski definition) is 2. The predicted octanol–water partition coefficient (Wildman–Crippen LogP) is 2.51. The molecule has 25 heavy (non-hydrogen) atoms. The van der Waals surface area contributed by atoms with Crippen molar-refractivity contribution in [1.82, 2.24) is 15.2 Å². The van der Waals surface area contributed by atoms with E-state index in [-0.39, 0.29) is 18.6 Å². The smallest absolute Gasteiger partial charge is 0.252 e. The van der Waals surface area contributed by atoms with Crippen molar-refractivity contribution in [3.05, 3.63) is 41.6 Å². The molecule has 1 fully saturated rings. The zero-order chi connectivity index (χ0) is 17.6. The number of piperidine rings is 1. The Balaban J connectivity index is 1.55. The van der Waals surface area contributed by atoms with E-state index in [1.54, 1.807) is 12.3 Å². The van der Waals surface area contributed by atoms with Crippen LogP contribution in [0.3, 0.4) is 0 Å². The van der Waals surface area contributed by atoms with Crippen molar-refractivity contribution in [3.63, 3.8) is 0 Å². The lowest BCUT2D eigenvalue weighted by atomic mass is 10.0. The van der Waals surface area contributed by atoms with Gasteiger partial charge in [-0.15, -0.1) is 0 Å². The first-order chi connectivity index (χ1) is 12.2. The molecule has 2 N–H and O–H groups in total. The fourth-order valence-electron chi connectivity index (χ4n) is 3.60. The number of nitrogens with zero attached hydrogens (tertiary/aromatic N) is 2. The van der Waals surface area contributed by atoms with Gasteiger partial charge in [-0.3, -0.25) is 14.7 Å². The number of nitrogens with one attached hydrogen (secondary N) is 1. The van der Waals surface area contributed by atoms with Gasteiger partial charge in [0.15, 0.2) is 0 Å². The molecule has 1 saturated heterocycles. The van der Waals surface area contributed by atoms with Gasteiger partial charge in [0.1, 0.15) is 0 Å². The summed E-state index contributed by atoms with van der Waals surface area (Å²) >= 11 is 0. The van der Waals surface area contributed by atoms with Crippen LogP contribution in [0.2, 0.25) is 0 Å². The van der Waals surface area contributed by atoms with Crippen LogP contribution in [0.1, 0.15) is 41.6 Å². The minimum Gasteiger partial charge on any atom is -0.395 e. The number of benzene rings is 1. The van der Waals surface area contributed by atoms with Gasteiger partial charge in [-0.25, -0.2) is 0 Å². The van der Waals surface area contributed by atoms with Crippen LogP contribution in [0.5, 0.6) is 0 Å². The summed E-state index contributed by atoms with van der Waals surface area (Å²) in [6.45, 7) is 4.86. The highest BCUT2D eigenvalue weighted by Crippen LogP contribution is 2.19. The topological polar surface area (TPSA) is 65.5 Å². The number of aliphatic hydroxyl groups excluding tert-OH is 1. The highest BCUT2D eigenvalue weighted by Gasteiger charge is 2.20. The largest absolute Gasteiger partial charge is 0.395 e. The average molecular weight is 341 g/mol.